The van der Waals surface area contributed by atoms with Crippen LogP contribution in [0.3, 0.4) is 0 Å². The first-order chi connectivity index (χ1) is 8.99. The average molecular weight is 288 g/mol. The van der Waals surface area contributed by atoms with Gasteiger partial charge in [-0.2, -0.15) is 0 Å². The van der Waals surface area contributed by atoms with Gasteiger partial charge in [-0.1, -0.05) is 0 Å². The van der Waals surface area contributed by atoms with Crippen molar-refractivity contribution in [2.75, 3.05) is 18.6 Å². The van der Waals surface area contributed by atoms with Gasteiger partial charge in [0.2, 0.25) is 5.76 Å². The molecule has 0 aliphatic heterocycles. The van der Waals surface area contributed by atoms with Crippen molar-refractivity contribution in [3.63, 3.8) is 0 Å². The summed E-state index contributed by atoms with van der Waals surface area (Å²) in [6.07, 6.45) is 2.25. The molecule has 106 valence electrons. The van der Waals surface area contributed by atoms with Crippen molar-refractivity contribution in [2.45, 2.75) is 13.0 Å². The second-order valence-corrected chi connectivity index (χ2v) is 5.37. The van der Waals surface area contributed by atoms with E-state index >= 15 is 0 Å². The lowest BCUT2D eigenvalue weighted by Gasteiger charge is -2.05. The molecule has 0 fully saturated rings. The van der Waals surface area contributed by atoms with Gasteiger partial charge in [-0.25, -0.2) is 9.59 Å². The van der Waals surface area contributed by atoms with E-state index in [0.717, 1.165) is 0 Å². The lowest BCUT2D eigenvalue weighted by Crippen LogP contribution is -2.35. The van der Waals surface area contributed by atoms with Gasteiger partial charge in [0, 0.05) is 29.4 Å². The number of hydrogen-bond acceptors (Lipinski definition) is 4. The number of furan rings is 1. The Morgan fingerprint density at radius 2 is 2.11 bits per heavy atom. The first-order valence-corrected chi connectivity index (χ1v) is 7.35. The van der Waals surface area contributed by atoms with Crippen LogP contribution in [-0.4, -0.2) is 39.9 Å². The number of hydrogen-bond donors (Lipinski definition) is 3. The maximum Gasteiger partial charge on any atom is 0.371 e. The van der Waals surface area contributed by atoms with Gasteiger partial charge in [0.25, 0.3) is 0 Å². The van der Waals surface area contributed by atoms with Crippen molar-refractivity contribution >= 4 is 22.8 Å². The van der Waals surface area contributed by atoms with E-state index in [4.69, 9.17) is 9.52 Å². The third-order valence-electron chi connectivity index (χ3n) is 2.19. The van der Waals surface area contributed by atoms with Gasteiger partial charge < -0.3 is 20.2 Å². The highest BCUT2D eigenvalue weighted by Gasteiger charge is 2.09. The molecule has 2 amide bonds. The van der Waals surface area contributed by atoms with Crippen LogP contribution < -0.4 is 10.6 Å². The van der Waals surface area contributed by atoms with Gasteiger partial charge >= 0.3 is 12.0 Å². The summed E-state index contributed by atoms with van der Waals surface area (Å²) in [4.78, 5) is 21.9. The summed E-state index contributed by atoms with van der Waals surface area (Å²) < 4.78 is 15.7. The molecule has 1 unspecified atom stereocenters. The normalized spacial score (nSPS) is 11.8. The Morgan fingerprint density at radius 1 is 1.37 bits per heavy atom. The molecular weight excluding hydrogens is 272 g/mol. The van der Waals surface area contributed by atoms with E-state index in [1.54, 1.807) is 6.26 Å². The van der Waals surface area contributed by atoms with Crippen molar-refractivity contribution in [3.05, 3.63) is 23.7 Å². The molecule has 1 heterocycles. The molecular formula is C11H16N2O5S. The zero-order chi connectivity index (χ0) is 14.3. The summed E-state index contributed by atoms with van der Waals surface area (Å²) in [6.45, 7) is 0.544. The minimum absolute atomic E-state index is 0.110. The Kier molecular flexibility index (Phi) is 6.07. The van der Waals surface area contributed by atoms with Gasteiger partial charge in [-0.15, -0.1) is 0 Å². The highest BCUT2D eigenvalue weighted by atomic mass is 32.2. The van der Waals surface area contributed by atoms with Crippen molar-refractivity contribution in [1.29, 1.82) is 0 Å². The van der Waals surface area contributed by atoms with Crippen molar-refractivity contribution < 1.29 is 23.3 Å². The number of rotatable bonds is 7. The summed E-state index contributed by atoms with van der Waals surface area (Å²) >= 11 is 0. The van der Waals surface area contributed by atoms with E-state index in [2.05, 4.69) is 10.6 Å². The average Bonchev–Trinajstić information content (AvgIpc) is 2.81. The first kappa shape index (κ1) is 15.2. The van der Waals surface area contributed by atoms with Crippen LogP contribution in [-0.2, 0) is 17.3 Å². The molecule has 3 N–H and O–H groups in total. The molecule has 0 aliphatic rings. The van der Waals surface area contributed by atoms with E-state index < -0.39 is 16.8 Å². The quantitative estimate of drug-likeness (QED) is 0.635. The summed E-state index contributed by atoms with van der Waals surface area (Å²) in [7, 11) is -0.858. The van der Waals surface area contributed by atoms with Crippen LogP contribution in [0.4, 0.5) is 4.79 Å². The fraction of sp³-hybridized carbons (Fsp3) is 0.455. The van der Waals surface area contributed by atoms with Gasteiger partial charge in [0.05, 0.1) is 6.54 Å². The Bertz CT molecular complexity index is 471. The van der Waals surface area contributed by atoms with Gasteiger partial charge in [0.15, 0.2) is 0 Å². The zero-order valence-corrected chi connectivity index (χ0v) is 11.3. The topological polar surface area (TPSA) is 109 Å². The monoisotopic (exact) mass is 288 g/mol. The molecule has 7 nitrogen and oxygen atoms in total. The number of carbonyl (C=O) groups excluding carboxylic acids is 1. The van der Waals surface area contributed by atoms with Crippen LogP contribution in [0, 0.1) is 0 Å². The predicted octanol–water partition coefficient (Wildman–Crippen LogP) is 0.546. The van der Waals surface area contributed by atoms with Gasteiger partial charge in [0.1, 0.15) is 5.76 Å². The number of carboxylic acids is 1. The highest BCUT2D eigenvalue weighted by molar-refractivity contribution is 7.84. The lowest BCUT2D eigenvalue weighted by molar-refractivity contribution is 0.0660. The molecule has 0 saturated carbocycles. The Labute approximate surface area is 112 Å². The minimum atomic E-state index is -1.15. The molecule has 0 aromatic carbocycles. The largest absolute Gasteiger partial charge is 0.475 e. The third-order valence-corrected chi connectivity index (χ3v) is 3.05. The van der Waals surface area contributed by atoms with Crippen molar-refractivity contribution in [1.82, 2.24) is 10.6 Å². The van der Waals surface area contributed by atoms with E-state index in [9.17, 15) is 13.8 Å². The molecule has 0 radical (unpaired) electrons. The molecule has 1 aromatic rings. The zero-order valence-electron chi connectivity index (χ0n) is 10.5. The Morgan fingerprint density at radius 3 is 2.68 bits per heavy atom. The Balaban J connectivity index is 2.22. The maximum atomic E-state index is 11.3. The number of nitrogens with one attached hydrogen (secondary N) is 2. The van der Waals surface area contributed by atoms with Gasteiger partial charge in [-0.05, 0) is 18.6 Å². The summed E-state index contributed by atoms with van der Waals surface area (Å²) in [5.41, 5.74) is 0. The highest BCUT2D eigenvalue weighted by Crippen LogP contribution is 2.07. The maximum absolute atomic E-state index is 11.3. The molecule has 0 aliphatic carbocycles. The van der Waals surface area contributed by atoms with Crippen LogP contribution in [0.25, 0.3) is 0 Å². The van der Waals surface area contributed by atoms with Crippen LogP contribution >= 0.6 is 0 Å². The van der Waals surface area contributed by atoms with E-state index in [1.165, 1.54) is 12.1 Å². The molecule has 8 heteroatoms. The number of aromatic carboxylic acids is 1. The smallest absolute Gasteiger partial charge is 0.371 e. The molecule has 1 aromatic heterocycles. The van der Waals surface area contributed by atoms with E-state index in [1.807, 2.05) is 0 Å². The molecule has 0 saturated heterocycles. The van der Waals surface area contributed by atoms with Crippen LogP contribution in [0.1, 0.15) is 22.7 Å². The van der Waals surface area contributed by atoms with Crippen molar-refractivity contribution in [2.24, 2.45) is 0 Å². The third kappa shape index (κ3) is 6.05. The van der Waals surface area contributed by atoms with Gasteiger partial charge in [-0.3, -0.25) is 4.21 Å². The fourth-order valence-electron chi connectivity index (χ4n) is 1.30. The number of amides is 2. The minimum Gasteiger partial charge on any atom is -0.475 e. The van der Waals surface area contributed by atoms with Crippen LogP contribution in [0.2, 0.25) is 0 Å². The number of urea groups is 1. The second-order valence-electron chi connectivity index (χ2n) is 3.81. The Hall–Kier alpha value is -1.83. The van der Waals surface area contributed by atoms with Crippen LogP contribution in [0.5, 0.6) is 0 Å². The van der Waals surface area contributed by atoms with E-state index in [-0.39, 0.29) is 18.3 Å². The van der Waals surface area contributed by atoms with E-state index in [0.29, 0.717) is 24.5 Å². The second kappa shape index (κ2) is 7.57. The summed E-state index contributed by atoms with van der Waals surface area (Å²) in [5, 5.41) is 13.8. The van der Waals surface area contributed by atoms with Crippen LogP contribution in [0.15, 0.2) is 16.5 Å². The summed E-state index contributed by atoms with van der Waals surface area (Å²) in [6, 6.07) is 2.44. The SMILES string of the molecule is CS(=O)CCCNC(=O)NCc1ccc(C(=O)O)o1. The molecule has 0 spiro atoms. The number of carbonyl (C=O) groups is 2. The molecule has 0 bridgehead atoms. The standard InChI is InChI=1S/C11H16N2O5S/c1-19(17)6-2-5-12-11(16)13-7-8-3-4-9(18-8)10(14)15/h3-4H,2,5-7H2,1H3,(H,14,15)(H2,12,13,16). The fourth-order valence-corrected chi connectivity index (χ4v) is 1.85. The van der Waals surface area contributed by atoms with Crippen molar-refractivity contribution in [3.8, 4) is 0 Å². The molecule has 1 atom stereocenters. The number of carboxylic acid groups (broad SMARTS) is 1. The lowest BCUT2D eigenvalue weighted by atomic mass is 10.4. The first-order valence-electron chi connectivity index (χ1n) is 5.63. The predicted molar refractivity (Wildman–Crippen MR) is 69.5 cm³/mol. The summed E-state index contributed by atoms with van der Waals surface area (Å²) in [5.74, 6) is -0.409. The molecule has 1 rings (SSSR count). The molecule has 19 heavy (non-hydrogen) atoms.